The smallest absolute Gasteiger partial charge is 0.229 e. The van der Waals surface area contributed by atoms with Gasteiger partial charge in [0, 0.05) is 10.9 Å². The van der Waals surface area contributed by atoms with E-state index in [2.05, 4.69) is 16.2 Å². The van der Waals surface area contributed by atoms with Crippen LogP contribution in [0.2, 0.25) is 15.1 Å². The summed E-state index contributed by atoms with van der Waals surface area (Å²) in [7, 11) is 0. The van der Waals surface area contributed by atoms with Crippen molar-refractivity contribution in [2.75, 3.05) is 5.43 Å². The van der Waals surface area contributed by atoms with Crippen LogP contribution >= 0.6 is 47.0 Å². The maximum absolute atomic E-state index is 11.9. The predicted molar refractivity (Wildman–Crippen MR) is 90.9 cm³/mol. The highest BCUT2D eigenvalue weighted by Crippen LogP contribution is 2.33. The van der Waals surface area contributed by atoms with Crippen LogP contribution in [0, 0.1) is 5.92 Å². The van der Waals surface area contributed by atoms with Gasteiger partial charge in [-0.25, -0.2) is 0 Å². The van der Waals surface area contributed by atoms with Crippen molar-refractivity contribution in [3.8, 4) is 0 Å². The summed E-state index contributed by atoms with van der Waals surface area (Å²) in [4.78, 5) is 11.9. The van der Waals surface area contributed by atoms with Gasteiger partial charge in [0.2, 0.25) is 5.91 Å². The standard InChI is InChI=1S/C13H14Cl3N3OS/c14-8-5-9(15)11(10(16)6-8)18-19-13(21)17-12(20)7-3-1-2-4-7/h5-7,18H,1-4H2,(H2,17,19,20,21). The molecule has 1 aliphatic carbocycles. The number of thiocarbonyl (C=S) groups is 1. The summed E-state index contributed by atoms with van der Waals surface area (Å²) in [5.41, 5.74) is 5.91. The number of benzene rings is 1. The van der Waals surface area contributed by atoms with E-state index >= 15 is 0 Å². The van der Waals surface area contributed by atoms with Crippen molar-refractivity contribution in [2.24, 2.45) is 5.92 Å². The van der Waals surface area contributed by atoms with E-state index in [0.29, 0.717) is 20.8 Å². The molecule has 1 aromatic rings. The fourth-order valence-electron chi connectivity index (χ4n) is 2.21. The van der Waals surface area contributed by atoms with Crippen molar-refractivity contribution in [1.29, 1.82) is 0 Å². The van der Waals surface area contributed by atoms with Gasteiger partial charge in [0.1, 0.15) is 0 Å². The highest BCUT2D eigenvalue weighted by Gasteiger charge is 2.23. The third kappa shape index (κ3) is 4.61. The molecule has 0 saturated heterocycles. The van der Waals surface area contributed by atoms with Crippen LogP contribution in [-0.4, -0.2) is 11.0 Å². The first-order valence-corrected chi connectivity index (χ1v) is 8.03. The van der Waals surface area contributed by atoms with Gasteiger partial charge < -0.3 is 5.32 Å². The van der Waals surface area contributed by atoms with Crippen molar-refractivity contribution in [1.82, 2.24) is 10.7 Å². The molecule has 1 aromatic carbocycles. The minimum Gasteiger partial charge on any atom is -0.302 e. The molecule has 0 bridgehead atoms. The van der Waals surface area contributed by atoms with E-state index in [0.717, 1.165) is 25.7 Å². The van der Waals surface area contributed by atoms with Crippen LogP contribution in [-0.2, 0) is 4.79 Å². The maximum atomic E-state index is 11.9. The molecule has 0 atom stereocenters. The maximum Gasteiger partial charge on any atom is 0.229 e. The molecule has 1 aliphatic rings. The van der Waals surface area contributed by atoms with Gasteiger partial charge in [0.25, 0.3) is 0 Å². The quantitative estimate of drug-likeness (QED) is 0.555. The molecule has 2 rings (SSSR count). The van der Waals surface area contributed by atoms with Gasteiger partial charge in [-0.15, -0.1) is 0 Å². The number of hydrogen-bond acceptors (Lipinski definition) is 3. The normalized spacial score (nSPS) is 14.8. The van der Waals surface area contributed by atoms with Crippen LogP contribution in [0.1, 0.15) is 25.7 Å². The number of rotatable bonds is 3. The van der Waals surface area contributed by atoms with E-state index in [1.54, 1.807) is 12.1 Å². The first-order chi connectivity index (χ1) is 9.97. The average molecular weight is 367 g/mol. The van der Waals surface area contributed by atoms with Crippen LogP contribution in [0.25, 0.3) is 0 Å². The number of anilines is 1. The Bertz CT molecular complexity index is 539. The summed E-state index contributed by atoms with van der Waals surface area (Å²) in [5, 5.41) is 3.97. The Hall–Kier alpha value is -0.750. The van der Waals surface area contributed by atoms with Gasteiger partial charge in [0.15, 0.2) is 5.11 Å². The molecule has 21 heavy (non-hydrogen) atoms. The van der Waals surface area contributed by atoms with Gasteiger partial charge in [-0.05, 0) is 37.2 Å². The van der Waals surface area contributed by atoms with Crippen LogP contribution in [0.15, 0.2) is 12.1 Å². The molecule has 0 spiro atoms. The molecule has 0 radical (unpaired) electrons. The third-order valence-electron chi connectivity index (χ3n) is 3.27. The fraction of sp³-hybridized carbons (Fsp3) is 0.385. The molecule has 1 fully saturated rings. The minimum atomic E-state index is -0.0555. The number of carbonyl (C=O) groups is 1. The molecule has 1 amide bonds. The van der Waals surface area contributed by atoms with Crippen molar-refractivity contribution in [3.63, 3.8) is 0 Å². The van der Waals surface area contributed by atoms with Crippen LogP contribution in [0.4, 0.5) is 5.69 Å². The Balaban J connectivity index is 1.88. The van der Waals surface area contributed by atoms with E-state index in [1.165, 1.54) is 0 Å². The van der Waals surface area contributed by atoms with E-state index in [9.17, 15) is 4.79 Å². The van der Waals surface area contributed by atoms with Crippen molar-refractivity contribution in [3.05, 3.63) is 27.2 Å². The first-order valence-electron chi connectivity index (χ1n) is 6.49. The summed E-state index contributed by atoms with van der Waals surface area (Å²) < 4.78 is 0. The largest absolute Gasteiger partial charge is 0.302 e. The van der Waals surface area contributed by atoms with E-state index < -0.39 is 0 Å². The first kappa shape index (κ1) is 16.6. The number of nitrogens with one attached hydrogen (secondary N) is 3. The lowest BCUT2D eigenvalue weighted by molar-refractivity contribution is -0.123. The predicted octanol–water partition coefficient (Wildman–Crippen LogP) is 4.15. The molecule has 4 nitrogen and oxygen atoms in total. The Morgan fingerprint density at radius 2 is 1.71 bits per heavy atom. The lowest BCUT2D eigenvalue weighted by Crippen LogP contribution is -2.44. The Morgan fingerprint density at radius 1 is 1.14 bits per heavy atom. The summed E-state index contributed by atoms with van der Waals surface area (Å²) in [5.74, 6) is -0.00689. The van der Waals surface area contributed by atoms with Gasteiger partial charge in [-0.3, -0.25) is 15.6 Å². The summed E-state index contributed by atoms with van der Waals surface area (Å²) in [6.07, 6.45) is 4.01. The van der Waals surface area contributed by atoms with Crippen LogP contribution in [0.3, 0.4) is 0 Å². The van der Waals surface area contributed by atoms with E-state index in [4.69, 9.17) is 47.0 Å². The Labute approximate surface area is 143 Å². The second-order valence-corrected chi connectivity index (χ2v) is 6.45. The topological polar surface area (TPSA) is 53.2 Å². The highest BCUT2D eigenvalue weighted by molar-refractivity contribution is 7.80. The van der Waals surface area contributed by atoms with Gasteiger partial charge >= 0.3 is 0 Å². The molecular weight excluding hydrogens is 353 g/mol. The zero-order valence-electron chi connectivity index (χ0n) is 11.0. The summed E-state index contributed by atoms with van der Waals surface area (Å²) in [6, 6.07) is 3.11. The lowest BCUT2D eigenvalue weighted by Gasteiger charge is -2.15. The van der Waals surface area contributed by atoms with Crippen molar-refractivity contribution < 1.29 is 4.79 Å². The van der Waals surface area contributed by atoms with E-state index in [-0.39, 0.29) is 16.9 Å². The summed E-state index contributed by atoms with van der Waals surface area (Å²) in [6.45, 7) is 0. The number of amides is 1. The molecule has 0 aliphatic heterocycles. The monoisotopic (exact) mass is 365 g/mol. The van der Waals surface area contributed by atoms with Gasteiger partial charge in [-0.1, -0.05) is 47.6 Å². The molecule has 3 N–H and O–H groups in total. The van der Waals surface area contributed by atoms with Crippen molar-refractivity contribution >= 4 is 63.7 Å². The minimum absolute atomic E-state index is 0.0486. The Kier molecular flexibility index (Phi) is 5.93. The number of halogens is 3. The van der Waals surface area contributed by atoms with Crippen LogP contribution in [0.5, 0.6) is 0 Å². The number of hydrogen-bond donors (Lipinski definition) is 3. The zero-order chi connectivity index (χ0) is 15.4. The third-order valence-corrected chi connectivity index (χ3v) is 4.29. The molecule has 114 valence electrons. The molecule has 0 unspecified atom stereocenters. The highest BCUT2D eigenvalue weighted by atomic mass is 35.5. The zero-order valence-corrected chi connectivity index (χ0v) is 14.1. The second-order valence-electron chi connectivity index (χ2n) is 4.79. The second kappa shape index (κ2) is 7.49. The molecule has 0 heterocycles. The average Bonchev–Trinajstić information content (AvgIpc) is 2.91. The summed E-state index contributed by atoms with van der Waals surface area (Å²) >= 11 is 22.9. The number of carbonyl (C=O) groups excluding carboxylic acids is 1. The number of hydrazine groups is 1. The fourth-order valence-corrected chi connectivity index (χ4v) is 3.28. The molecule has 0 aromatic heterocycles. The van der Waals surface area contributed by atoms with Crippen LogP contribution < -0.4 is 16.2 Å². The van der Waals surface area contributed by atoms with Gasteiger partial charge in [-0.2, -0.15) is 0 Å². The van der Waals surface area contributed by atoms with Gasteiger partial charge in [0.05, 0.1) is 15.7 Å². The molecule has 1 saturated carbocycles. The SMILES string of the molecule is O=C(NC(=S)NNc1c(Cl)cc(Cl)cc1Cl)C1CCCC1. The lowest BCUT2D eigenvalue weighted by atomic mass is 10.1. The van der Waals surface area contributed by atoms with Crippen molar-refractivity contribution in [2.45, 2.75) is 25.7 Å². The molecule has 8 heteroatoms. The molecular formula is C13H14Cl3N3OS. The van der Waals surface area contributed by atoms with E-state index in [1.807, 2.05) is 0 Å². The Morgan fingerprint density at radius 3 is 2.29 bits per heavy atom.